The third kappa shape index (κ3) is 11.7. The van der Waals surface area contributed by atoms with E-state index in [1.165, 1.54) is 4.90 Å². The highest BCUT2D eigenvalue weighted by atomic mass is 16.6. The van der Waals surface area contributed by atoms with Crippen LogP contribution in [0, 0.1) is 11.3 Å². The van der Waals surface area contributed by atoms with Gasteiger partial charge in [-0.3, -0.25) is 15.0 Å². The number of amides is 3. The zero-order valence-electron chi connectivity index (χ0n) is 30.8. The minimum atomic E-state index is -0.799. The molecule has 0 aliphatic rings. The fraction of sp³-hybridized carbons (Fsp3) is 0.400. The third-order valence-corrected chi connectivity index (χ3v) is 9.06. The van der Waals surface area contributed by atoms with Crippen molar-refractivity contribution in [2.45, 2.75) is 57.5 Å². The van der Waals surface area contributed by atoms with Crippen LogP contribution in [0.4, 0.5) is 4.79 Å². The summed E-state index contributed by atoms with van der Waals surface area (Å²) in [7, 11) is 5.78. The van der Waals surface area contributed by atoms with Crippen LogP contribution in [0.5, 0.6) is 0 Å². The smallest absolute Gasteiger partial charge is 0.414 e. The number of ether oxygens (including phenoxy) is 1. The maximum atomic E-state index is 13.8. The third-order valence-electron chi connectivity index (χ3n) is 9.06. The molecule has 0 aliphatic heterocycles. The van der Waals surface area contributed by atoms with E-state index in [0.717, 1.165) is 11.1 Å². The number of nitrogens with two attached hydrogens (primary N) is 1. The minimum absolute atomic E-state index is 0.132. The van der Waals surface area contributed by atoms with Crippen LogP contribution in [0.15, 0.2) is 103 Å². The first-order valence-corrected chi connectivity index (χ1v) is 17.5. The highest BCUT2D eigenvalue weighted by molar-refractivity contribution is 5.97. The Morgan fingerprint density at radius 2 is 1.43 bits per heavy atom. The molecular weight excluding hydrogens is 642 g/mol. The number of nitrogens with one attached hydrogen (secondary N) is 4. The van der Waals surface area contributed by atoms with Crippen molar-refractivity contribution in [2.24, 2.45) is 11.7 Å². The van der Waals surface area contributed by atoms with Gasteiger partial charge in [-0.1, -0.05) is 85.8 Å². The molecule has 11 heteroatoms. The fourth-order valence-corrected chi connectivity index (χ4v) is 6.06. The number of carbonyl (C=O) groups is 3. The number of rotatable bonds is 18. The van der Waals surface area contributed by atoms with Gasteiger partial charge < -0.3 is 36.2 Å². The Morgan fingerprint density at radius 3 is 1.94 bits per heavy atom. The van der Waals surface area contributed by atoms with Crippen molar-refractivity contribution in [1.82, 2.24) is 25.8 Å². The van der Waals surface area contributed by atoms with Gasteiger partial charge in [-0.25, -0.2) is 4.79 Å². The molecule has 3 atom stereocenters. The van der Waals surface area contributed by atoms with Crippen LogP contribution in [0.1, 0.15) is 61.5 Å². The lowest BCUT2D eigenvalue weighted by molar-refractivity contribution is -0.123. The van der Waals surface area contributed by atoms with Crippen molar-refractivity contribution in [2.75, 3.05) is 40.8 Å². The summed E-state index contributed by atoms with van der Waals surface area (Å²) >= 11 is 0. The number of hydrogen-bond donors (Lipinski definition) is 5. The zero-order valence-corrected chi connectivity index (χ0v) is 30.8. The Kier molecular flexibility index (Phi) is 15.7. The predicted octanol–water partition coefficient (Wildman–Crippen LogP) is 5.10. The molecule has 11 nitrogen and oxygen atoms in total. The minimum Gasteiger partial charge on any atom is -0.414 e. The molecule has 0 fully saturated rings. The van der Waals surface area contributed by atoms with Gasteiger partial charge >= 0.3 is 6.09 Å². The molecule has 0 saturated carbocycles. The quantitative estimate of drug-likeness (QED) is 0.0537. The molecule has 0 aromatic heterocycles. The fourth-order valence-electron chi connectivity index (χ4n) is 6.06. The van der Waals surface area contributed by atoms with Gasteiger partial charge in [0.1, 0.15) is 11.8 Å². The number of hydrogen-bond acceptors (Lipinski definition) is 6. The highest BCUT2D eigenvalue weighted by Crippen LogP contribution is 2.44. The van der Waals surface area contributed by atoms with Crippen LogP contribution < -0.4 is 21.7 Å². The summed E-state index contributed by atoms with van der Waals surface area (Å²) in [5.74, 6) is -0.431. The predicted molar refractivity (Wildman–Crippen MR) is 203 cm³/mol. The molecule has 0 saturated heterocycles. The topological polar surface area (TPSA) is 153 Å². The first-order valence-electron chi connectivity index (χ1n) is 17.5. The molecule has 3 aromatic carbocycles. The van der Waals surface area contributed by atoms with Crippen molar-refractivity contribution < 1.29 is 19.1 Å². The van der Waals surface area contributed by atoms with E-state index >= 15 is 0 Å². The van der Waals surface area contributed by atoms with Crippen LogP contribution >= 0.6 is 0 Å². The zero-order chi connectivity index (χ0) is 37.4. The second-order valence-electron chi connectivity index (χ2n) is 13.3. The molecule has 0 radical (unpaired) electrons. The van der Waals surface area contributed by atoms with Crippen LogP contribution in [0.3, 0.4) is 0 Å². The summed E-state index contributed by atoms with van der Waals surface area (Å²) in [6, 6.07) is 28.4. The number of nitrogens with zero attached hydrogens (tertiary/aromatic N) is 2. The van der Waals surface area contributed by atoms with Crippen molar-refractivity contribution in [3.8, 4) is 0 Å². The molecule has 6 N–H and O–H groups in total. The Bertz CT molecular complexity index is 1540. The normalized spacial score (nSPS) is 13.4. The monoisotopic (exact) mass is 697 g/mol. The first-order chi connectivity index (χ1) is 24.4. The van der Waals surface area contributed by atoms with Gasteiger partial charge in [-0.2, -0.15) is 0 Å². The van der Waals surface area contributed by atoms with Crippen LogP contribution in [0.25, 0.3) is 0 Å². The van der Waals surface area contributed by atoms with Gasteiger partial charge in [-0.05, 0) is 82.5 Å². The van der Waals surface area contributed by atoms with E-state index in [-0.39, 0.29) is 36.3 Å². The lowest BCUT2D eigenvalue weighted by Crippen LogP contribution is -2.48. The van der Waals surface area contributed by atoms with E-state index in [0.29, 0.717) is 43.7 Å². The molecule has 3 unspecified atom stereocenters. The SMILES string of the molecule is C/C=C(\OC(=O)N(C)CC(C)CNC(=O)C(CCCNC(=N)N)NC(=O)c1ccccc1)C(CC(C)N(C)C)(c1ccccc1)c1ccccc1. The van der Waals surface area contributed by atoms with Crippen LogP contribution in [-0.4, -0.2) is 86.5 Å². The summed E-state index contributed by atoms with van der Waals surface area (Å²) in [5, 5.41) is 15.9. The molecule has 0 bridgehead atoms. The molecule has 3 amide bonds. The van der Waals surface area contributed by atoms with Crippen molar-refractivity contribution >= 4 is 23.9 Å². The van der Waals surface area contributed by atoms with E-state index in [2.05, 4.69) is 52.0 Å². The molecule has 274 valence electrons. The highest BCUT2D eigenvalue weighted by Gasteiger charge is 2.42. The van der Waals surface area contributed by atoms with Crippen molar-refractivity contribution in [3.63, 3.8) is 0 Å². The summed E-state index contributed by atoms with van der Waals surface area (Å²) in [6.07, 6.45) is 2.90. The lowest BCUT2D eigenvalue weighted by Gasteiger charge is -2.40. The van der Waals surface area contributed by atoms with Gasteiger partial charge in [0.2, 0.25) is 5.91 Å². The second-order valence-corrected chi connectivity index (χ2v) is 13.3. The standard InChI is InChI=1S/C40H55N7O4/c1-7-35(40(26-30(3)46(4)5,32-20-13-9-14-21-32)33-22-15-10-16-23-33)51-39(50)47(6)28-29(2)27-44-37(49)34(24-17-25-43-38(41)42)45-36(48)31-18-11-8-12-19-31/h7-16,18-23,29-30,34H,17,24-28H2,1-6H3,(H,44,49)(H,45,48)(H4,41,42,43)/b35-7-. The molecule has 3 aromatic rings. The maximum absolute atomic E-state index is 13.8. The summed E-state index contributed by atoms with van der Waals surface area (Å²) in [4.78, 5) is 43.7. The molecule has 0 spiro atoms. The Hall–Kier alpha value is -5.16. The maximum Gasteiger partial charge on any atom is 0.414 e. The van der Waals surface area contributed by atoms with Gasteiger partial charge in [0, 0.05) is 38.3 Å². The van der Waals surface area contributed by atoms with E-state index in [4.69, 9.17) is 15.9 Å². The Morgan fingerprint density at radius 1 is 0.882 bits per heavy atom. The summed E-state index contributed by atoms with van der Waals surface area (Å²) in [5.41, 5.74) is 7.15. The molecule has 51 heavy (non-hydrogen) atoms. The van der Waals surface area contributed by atoms with Gasteiger partial charge in [0.25, 0.3) is 5.91 Å². The van der Waals surface area contributed by atoms with E-state index in [9.17, 15) is 14.4 Å². The molecule has 0 aliphatic carbocycles. The van der Waals surface area contributed by atoms with E-state index in [1.54, 1.807) is 31.3 Å². The first kappa shape index (κ1) is 40.3. The molecule has 0 heterocycles. The Labute approximate surface area is 303 Å². The number of benzene rings is 3. The lowest BCUT2D eigenvalue weighted by atomic mass is 9.68. The van der Waals surface area contributed by atoms with Gasteiger partial charge in [0.15, 0.2) is 5.96 Å². The summed E-state index contributed by atoms with van der Waals surface area (Å²) < 4.78 is 6.30. The van der Waals surface area contributed by atoms with E-state index < -0.39 is 17.6 Å². The van der Waals surface area contributed by atoms with E-state index in [1.807, 2.05) is 76.5 Å². The van der Waals surface area contributed by atoms with Crippen LogP contribution in [0.2, 0.25) is 0 Å². The number of guanidine groups is 1. The molecule has 3 rings (SSSR count). The van der Waals surface area contributed by atoms with Crippen molar-refractivity contribution in [3.05, 3.63) is 120 Å². The number of allylic oxidation sites excluding steroid dienone is 2. The average molecular weight is 698 g/mol. The largest absolute Gasteiger partial charge is 0.414 e. The van der Waals surface area contributed by atoms with Crippen molar-refractivity contribution in [1.29, 1.82) is 5.41 Å². The average Bonchev–Trinajstić information content (AvgIpc) is 3.13. The summed E-state index contributed by atoms with van der Waals surface area (Å²) in [6.45, 7) is 6.98. The van der Waals surface area contributed by atoms with Gasteiger partial charge in [0.05, 0.1) is 5.41 Å². The number of carbonyl (C=O) groups excluding carboxylic acids is 3. The second kappa shape index (κ2) is 19.9. The van der Waals surface area contributed by atoms with Crippen LogP contribution in [-0.2, 0) is 14.9 Å². The molecular formula is C40H55N7O4. The van der Waals surface area contributed by atoms with Gasteiger partial charge in [-0.15, -0.1) is 0 Å². The Balaban J connectivity index is 1.72.